The van der Waals surface area contributed by atoms with Crippen molar-refractivity contribution < 1.29 is 0 Å². The van der Waals surface area contributed by atoms with Crippen molar-refractivity contribution >= 4 is 10.9 Å². The molecule has 0 fully saturated rings. The maximum Gasteiger partial charge on any atom is 0.0695 e. The van der Waals surface area contributed by atoms with Crippen molar-refractivity contribution in [1.82, 2.24) is 20.5 Å². The van der Waals surface area contributed by atoms with Crippen LogP contribution in [0.5, 0.6) is 0 Å². The molecule has 4 aromatic rings. The SMILES string of the molecule is Cc1cc2cc(CNCc3cn[nH]c3-c3ccc(C)c(C)c3)ccc2[nH]1. The Morgan fingerprint density at radius 1 is 0.923 bits per heavy atom. The normalized spacial score (nSPS) is 11.3. The van der Waals surface area contributed by atoms with Crippen molar-refractivity contribution in [3.8, 4) is 11.3 Å². The van der Waals surface area contributed by atoms with Crippen LogP contribution in [0.15, 0.2) is 48.7 Å². The average molecular weight is 344 g/mol. The molecule has 4 rings (SSSR count). The van der Waals surface area contributed by atoms with Gasteiger partial charge in [0, 0.05) is 35.4 Å². The van der Waals surface area contributed by atoms with Gasteiger partial charge >= 0.3 is 0 Å². The fraction of sp³-hybridized carbons (Fsp3) is 0.227. The predicted molar refractivity (Wildman–Crippen MR) is 107 cm³/mol. The van der Waals surface area contributed by atoms with E-state index >= 15 is 0 Å². The number of aromatic amines is 2. The lowest BCUT2D eigenvalue weighted by Crippen LogP contribution is -2.12. The summed E-state index contributed by atoms with van der Waals surface area (Å²) in [4.78, 5) is 3.37. The molecule has 2 aromatic carbocycles. The Morgan fingerprint density at radius 3 is 2.65 bits per heavy atom. The lowest BCUT2D eigenvalue weighted by Gasteiger charge is -2.08. The summed E-state index contributed by atoms with van der Waals surface area (Å²) in [5.41, 5.74) is 9.75. The van der Waals surface area contributed by atoms with E-state index in [1.165, 1.54) is 44.4 Å². The first-order chi connectivity index (χ1) is 12.6. The minimum absolute atomic E-state index is 0.781. The molecule has 0 aliphatic heterocycles. The third kappa shape index (κ3) is 3.28. The molecule has 0 amide bonds. The van der Waals surface area contributed by atoms with Crippen molar-refractivity contribution in [3.05, 3.63) is 76.6 Å². The summed E-state index contributed by atoms with van der Waals surface area (Å²) >= 11 is 0. The van der Waals surface area contributed by atoms with Gasteiger partial charge in [0.2, 0.25) is 0 Å². The highest BCUT2D eigenvalue weighted by molar-refractivity contribution is 5.81. The Kier molecular flexibility index (Phi) is 4.35. The Morgan fingerprint density at radius 2 is 1.81 bits per heavy atom. The topological polar surface area (TPSA) is 56.5 Å². The monoisotopic (exact) mass is 344 g/mol. The van der Waals surface area contributed by atoms with Crippen LogP contribution in [0.4, 0.5) is 0 Å². The molecule has 4 heteroatoms. The number of aromatic nitrogens is 3. The van der Waals surface area contributed by atoms with Gasteiger partial charge in [-0.1, -0.05) is 18.2 Å². The van der Waals surface area contributed by atoms with Crippen molar-refractivity contribution in [2.45, 2.75) is 33.9 Å². The predicted octanol–water partition coefficient (Wildman–Crippen LogP) is 4.77. The molecule has 0 radical (unpaired) electrons. The van der Waals surface area contributed by atoms with Gasteiger partial charge in [-0.3, -0.25) is 5.10 Å². The minimum Gasteiger partial charge on any atom is -0.359 e. The van der Waals surface area contributed by atoms with Crippen LogP contribution >= 0.6 is 0 Å². The third-order valence-electron chi connectivity index (χ3n) is 4.98. The summed E-state index contributed by atoms with van der Waals surface area (Å²) in [6.07, 6.45) is 1.91. The van der Waals surface area contributed by atoms with Crippen LogP contribution in [0.25, 0.3) is 22.2 Å². The number of hydrogen-bond acceptors (Lipinski definition) is 2. The van der Waals surface area contributed by atoms with Crippen LogP contribution in [0.3, 0.4) is 0 Å². The number of benzene rings is 2. The largest absolute Gasteiger partial charge is 0.359 e. The van der Waals surface area contributed by atoms with Crippen molar-refractivity contribution in [2.24, 2.45) is 0 Å². The molecule has 26 heavy (non-hydrogen) atoms. The van der Waals surface area contributed by atoms with E-state index in [1.54, 1.807) is 0 Å². The Hall–Kier alpha value is -2.85. The van der Waals surface area contributed by atoms with Gasteiger partial charge in [-0.15, -0.1) is 0 Å². The zero-order valence-corrected chi connectivity index (χ0v) is 15.5. The van der Waals surface area contributed by atoms with Crippen LogP contribution in [-0.2, 0) is 13.1 Å². The van der Waals surface area contributed by atoms with E-state index in [0.717, 1.165) is 18.8 Å². The molecule has 2 aromatic heterocycles. The van der Waals surface area contributed by atoms with Gasteiger partial charge in [-0.25, -0.2) is 0 Å². The quantitative estimate of drug-likeness (QED) is 0.488. The van der Waals surface area contributed by atoms with Gasteiger partial charge in [0.1, 0.15) is 0 Å². The molecular formula is C22H24N4. The summed E-state index contributed by atoms with van der Waals surface area (Å²) in [5.74, 6) is 0. The Balaban J connectivity index is 1.46. The highest BCUT2D eigenvalue weighted by atomic mass is 15.1. The van der Waals surface area contributed by atoms with Crippen LogP contribution < -0.4 is 5.32 Å². The number of rotatable bonds is 5. The third-order valence-corrected chi connectivity index (χ3v) is 4.98. The number of nitrogens with zero attached hydrogens (tertiary/aromatic N) is 1. The number of H-pyrrole nitrogens is 2. The highest BCUT2D eigenvalue weighted by Crippen LogP contribution is 2.23. The second kappa shape index (κ2) is 6.81. The van der Waals surface area contributed by atoms with Gasteiger partial charge < -0.3 is 10.3 Å². The molecule has 0 aliphatic rings. The standard InChI is InChI=1S/C22H24N4/c1-14-4-6-18(8-15(14)2)22-20(13-24-26-22)12-23-11-17-5-7-21-19(10-17)9-16(3)25-21/h4-10,13,23,25H,11-12H2,1-3H3,(H,24,26). The van der Waals surface area contributed by atoms with Gasteiger partial charge in [0.05, 0.1) is 11.9 Å². The molecule has 0 atom stereocenters. The van der Waals surface area contributed by atoms with E-state index in [4.69, 9.17) is 0 Å². The molecular weight excluding hydrogens is 320 g/mol. The van der Waals surface area contributed by atoms with Crippen molar-refractivity contribution in [3.63, 3.8) is 0 Å². The fourth-order valence-corrected chi connectivity index (χ4v) is 3.37. The Bertz CT molecular complexity index is 1060. The molecule has 0 saturated carbocycles. The van der Waals surface area contributed by atoms with Gasteiger partial charge in [-0.2, -0.15) is 5.10 Å². The molecule has 0 bridgehead atoms. The second-order valence-electron chi connectivity index (χ2n) is 7.05. The molecule has 132 valence electrons. The number of hydrogen-bond donors (Lipinski definition) is 3. The lowest BCUT2D eigenvalue weighted by atomic mass is 10.0. The van der Waals surface area contributed by atoms with E-state index in [1.807, 2.05) is 6.20 Å². The molecule has 0 saturated heterocycles. The van der Waals surface area contributed by atoms with E-state index < -0.39 is 0 Å². The second-order valence-corrected chi connectivity index (χ2v) is 7.05. The smallest absolute Gasteiger partial charge is 0.0695 e. The first-order valence-corrected chi connectivity index (χ1v) is 8.99. The first kappa shape index (κ1) is 16.6. The summed E-state index contributed by atoms with van der Waals surface area (Å²) in [6, 6.07) is 15.3. The van der Waals surface area contributed by atoms with E-state index in [9.17, 15) is 0 Å². The van der Waals surface area contributed by atoms with Crippen LogP contribution in [0.2, 0.25) is 0 Å². The fourth-order valence-electron chi connectivity index (χ4n) is 3.37. The Labute approximate surface area is 153 Å². The van der Waals surface area contributed by atoms with Crippen LogP contribution in [-0.4, -0.2) is 15.2 Å². The van der Waals surface area contributed by atoms with Crippen LogP contribution in [0, 0.1) is 20.8 Å². The van der Waals surface area contributed by atoms with E-state index in [0.29, 0.717) is 0 Å². The zero-order chi connectivity index (χ0) is 18.1. The van der Waals surface area contributed by atoms with Crippen molar-refractivity contribution in [1.29, 1.82) is 0 Å². The molecule has 3 N–H and O–H groups in total. The van der Waals surface area contributed by atoms with Gasteiger partial charge in [-0.05, 0) is 67.1 Å². The average Bonchev–Trinajstić information content (AvgIpc) is 3.22. The molecule has 2 heterocycles. The van der Waals surface area contributed by atoms with Crippen LogP contribution in [0.1, 0.15) is 27.9 Å². The lowest BCUT2D eigenvalue weighted by molar-refractivity contribution is 0.695. The first-order valence-electron chi connectivity index (χ1n) is 8.99. The van der Waals surface area contributed by atoms with Crippen molar-refractivity contribution in [2.75, 3.05) is 0 Å². The summed E-state index contributed by atoms with van der Waals surface area (Å²) in [7, 11) is 0. The van der Waals surface area contributed by atoms with Gasteiger partial charge in [0.15, 0.2) is 0 Å². The summed E-state index contributed by atoms with van der Waals surface area (Å²) in [5, 5.41) is 12.2. The summed E-state index contributed by atoms with van der Waals surface area (Å²) in [6.45, 7) is 7.98. The highest BCUT2D eigenvalue weighted by Gasteiger charge is 2.08. The van der Waals surface area contributed by atoms with E-state index in [-0.39, 0.29) is 0 Å². The molecule has 4 nitrogen and oxygen atoms in total. The number of aryl methyl sites for hydroxylation is 3. The maximum absolute atomic E-state index is 4.25. The van der Waals surface area contributed by atoms with E-state index in [2.05, 4.69) is 83.7 Å². The number of nitrogens with one attached hydrogen (secondary N) is 3. The zero-order valence-electron chi connectivity index (χ0n) is 15.5. The summed E-state index contributed by atoms with van der Waals surface area (Å²) < 4.78 is 0. The molecule has 0 unspecified atom stereocenters. The van der Waals surface area contributed by atoms with Gasteiger partial charge in [0.25, 0.3) is 0 Å². The molecule has 0 aliphatic carbocycles. The maximum atomic E-state index is 4.25. The molecule has 0 spiro atoms. The number of fused-ring (bicyclic) bond motifs is 1. The minimum atomic E-state index is 0.781.